The molecule has 0 bridgehead atoms. The summed E-state index contributed by atoms with van der Waals surface area (Å²) >= 11 is 0. The molecule has 0 unspecified atom stereocenters. The highest BCUT2D eigenvalue weighted by Gasteiger charge is 2.36. The lowest BCUT2D eigenvalue weighted by Gasteiger charge is -2.38. The van der Waals surface area contributed by atoms with Crippen molar-refractivity contribution in [2.75, 3.05) is 13.3 Å². The number of nitrogens with zero attached hydrogens (tertiary/aromatic N) is 1. The quantitative estimate of drug-likeness (QED) is 0.693. The molecule has 1 saturated carbocycles. The third-order valence-corrected chi connectivity index (χ3v) is 5.36. The van der Waals surface area contributed by atoms with Crippen molar-refractivity contribution in [3.05, 3.63) is 0 Å². The van der Waals surface area contributed by atoms with E-state index in [9.17, 15) is 0 Å². The molecule has 2 heteroatoms. The molecule has 4 atom stereocenters. The van der Waals surface area contributed by atoms with Crippen LogP contribution >= 0.6 is 0 Å². The average molecular weight is 237 g/mol. The van der Waals surface area contributed by atoms with Crippen LogP contribution in [0.4, 0.5) is 0 Å². The van der Waals surface area contributed by atoms with Crippen LogP contribution in [0, 0.1) is 11.8 Å². The number of rotatable bonds is 1. The van der Waals surface area contributed by atoms with Crippen molar-refractivity contribution < 1.29 is 4.74 Å². The Labute approximate surface area is 106 Å². The molecule has 2 heterocycles. The van der Waals surface area contributed by atoms with Crippen LogP contribution in [0.3, 0.4) is 0 Å². The number of ether oxygens (including phenoxy) is 1. The molecule has 0 N–H and O–H groups in total. The molecule has 1 aliphatic carbocycles. The summed E-state index contributed by atoms with van der Waals surface area (Å²) in [5.74, 6) is 1.80. The normalized spacial score (nSPS) is 43.6. The van der Waals surface area contributed by atoms with Crippen molar-refractivity contribution in [3.8, 4) is 0 Å². The zero-order chi connectivity index (χ0) is 11.7. The fourth-order valence-corrected chi connectivity index (χ4v) is 4.14. The topological polar surface area (TPSA) is 12.5 Å². The van der Waals surface area contributed by atoms with E-state index < -0.39 is 0 Å². The second-order valence-electron chi connectivity index (χ2n) is 6.39. The fraction of sp³-hybridized carbons (Fsp3) is 1.00. The summed E-state index contributed by atoms with van der Waals surface area (Å²) in [5.41, 5.74) is 0. The van der Waals surface area contributed by atoms with Gasteiger partial charge in [0, 0.05) is 12.6 Å². The van der Waals surface area contributed by atoms with Gasteiger partial charge in [0.25, 0.3) is 0 Å². The molecular formula is C15H27NO. The van der Waals surface area contributed by atoms with Gasteiger partial charge < -0.3 is 4.74 Å². The molecule has 2 saturated heterocycles. The van der Waals surface area contributed by atoms with Crippen LogP contribution in [0.5, 0.6) is 0 Å². The molecule has 17 heavy (non-hydrogen) atoms. The van der Waals surface area contributed by atoms with Crippen molar-refractivity contribution in [2.45, 2.75) is 70.4 Å². The summed E-state index contributed by atoms with van der Waals surface area (Å²) in [6, 6.07) is 0.839. The van der Waals surface area contributed by atoms with E-state index in [4.69, 9.17) is 4.74 Å². The Balaban J connectivity index is 1.65. The average Bonchev–Trinajstić information content (AvgIpc) is 2.57. The number of fused-ring (bicyclic) bond motifs is 2. The molecule has 98 valence electrons. The third-order valence-electron chi connectivity index (χ3n) is 5.36. The number of hydrogen-bond acceptors (Lipinski definition) is 2. The Kier molecular flexibility index (Phi) is 3.72. The van der Waals surface area contributed by atoms with Crippen LogP contribution in [0.2, 0.25) is 0 Å². The van der Waals surface area contributed by atoms with Crippen LogP contribution < -0.4 is 0 Å². The number of piperidine rings is 1. The van der Waals surface area contributed by atoms with E-state index in [1.54, 1.807) is 0 Å². The maximum absolute atomic E-state index is 6.20. The Morgan fingerprint density at radius 2 is 2.00 bits per heavy atom. The lowest BCUT2D eigenvalue weighted by molar-refractivity contribution is -0.0525. The van der Waals surface area contributed by atoms with E-state index in [0.29, 0.717) is 6.10 Å². The monoisotopic (exact) mass is 237 g/mol. The van der Waals surface area contributed by atoms with Crippen molar-refractivity contribution >= 4 is 0 Å². The Morgan fingerprint density at radius 3 is 2.88 bits per heavy atom. The second kappa shape index (κ2) is 5.27. The number of hydrogen-bond donors (Lipinski definition) is 0. The van der Waals surface area contributed by atoms with Crippen molar-refractivity contribution in [1.29, 1.82) is 0 Å². The minimum absolute atomic E-state index is 0.592. The highest BCUT2D eigenvalue weighted by Crippen LogP contribution is 2.37. The Hall–Kier alpha value is -0.0800. The highest BCUT2D eigenvalue weighted by molar-refractivity contribution is 4.88. The first kappa shape index (κ1) is 12.0. The highest BCUT2D eigenvalue weighted by atomic mass is 16.5. The van der Waals surface area contributed by atoms with Crippen LogP contribution in [0.25, 0.3) is 0 Å². The lowest BCUT2D eigenvalue weighted by atomic mass is 9.80. The minimum atomic E-state index is 0.592. The van der Waals surface area contributed by atoms with Gasteiger partial charge >= 0.3 is 0 Å². The van der Waals surface area contributed by atoms with E-state index in [1.165, 1.54) is 57.9 Å². The van der Waals surface area contributed by atoms with Gasteiger partial charge in [-0.2, -0.15) is 0 Å². The van der Waals surface area contributed by atoms with E-state index >= 15 is 0 Å². The summed E-state index contributed by atoms with van der Waals surface area (Å²) in [7, 11) is 0. The SMILES string of the molecule is CC[C@H]1CC[C@@H]2C[C@H]3CCCC[C@@H]3OCN2C1. The van der Waals surface area contributed by atoms with Crippen LogP contribution in [0.1, 0.15) is 58.3 Å². The second-order valence-corrected chi connectivity index (χ2v) is 6.39. The summed E-state index contributed by atoms with van der Waals surface area (Å²) in [5, 5.41) is 0. The van der Waals surface area contributed by atoms with Crippen molar-refractivity contribution in [2.24, 2.45) is 11.8 Å². The minimum Gasteiger partial charge on any atom is -0.363 e. The smallest absolute Gasteiger partial charge is 0.0996 e. The predicted octanol–water partition coefficient (Wildman–Crippen LogP) is 3.41. The maximum atomic E-state index is 6.20. The lowest BCUT2D eigenvalue weighted by Crippen LogP contribution is -2.43. The Bertz CT molecular complexity index is 255. The Morgan fingerprint density at radius 1 is 1.12 bits per heavy atom. The van der Waals surface area contributed by atoms with Gasteiger partial charge in [-0.1, -0.05) is 26.2 Å². The van der Waals surface area contributed by atoms with Gasteiger partial charge in [0.2, 0.25) is 0 Å². The molecule has 0 radical (unpaired) electrons. The van der Waals surface area contributed by atoms with E-state index in [2.05, 4.69) is 11.8 Å². The first-order valence-electron chi connectivity index (χ1n) is 7.72. The molecule has 0 aromatic carbocycles. The standard InChI is InChI=1S/C15H27NO/c1-2-12-7-8-14-9-13-5-3-4-6-15(13)17-11-16(14)10-12/h12-15H,2-11H2,1H3/t12-,13+,14+,15-/m0/s1. The van der Waals surface area contributed by atoms with Gasteiger partial charge in [-0.05, 0) is 43.9 Å². The van der Waals surface area contributed by atoms with Crippen LogP contribution in [-0.2, 0) is 4.74 Å². The molecule has 2 nitrogen and oxygen atoms in total. The molecule has 0 aromatic heterocycles. The van der Waals surface area contributed by atoms with Gasteiger partial charge in [-0.3, -0.25) is 4.90 Å². The molecule has 3 rings (SSSR count). The van der Waals surface area contributed by atoms with Crippen LogP contribution in [0.15, 0.2) is 0 Å². The molecule has 0 amide bonds. The zero-order valence-electron chi connectivity index (χ0n) is 11.2. The van der Waals surface area contributed by atoms with Gasteiger partial charge in [0.05, 0.1) is 12.8 Å². The van der Waals surface area contributed by atoms with Crippen LogP contribution in [-0.4, -0.2) is 30.3 Å². The molecule has 0 aromatic rings. The van der Waals surface area contributed by atoms with E-state index in [-0.39, 0.29) is 0 Å². The summed E-state index contributed by atoms with van der Waals surface area (Å²) in [4.78, 5) is 2.65. The first-order chi connectivity index (χ1) is 8.36. The summed E-state index contributed by atoms with van der Waals surface area (Å²) in [6.45, 7) is 4.55. The van der Waals surface area contributed by atoms with Gasteiger partial charge in [-0.25, -0.2) is 0 Å². The third kappa shape index (κ3) is 2.53. The maximum Gasteiger partial charge on any atom is 0.0996 e. The van der Waals surface area contributed by atoms with Gasteiger partial charge in [0.15, 0.2) is 0 Å². The predicted molar refractivity (Wildman–Crippen MR) is 69.8 cm³/mol. The first-order valence-corrected chi connectivity index (χ1v) is 7.72. The molecule has 3 aliphatic rings. The van der Waals surface area contributed by atoms with E-state index in [1.807, 2.05) is 0 Å². The van der Waals surface area contributed by atoms with Crippen molar-refractivity contribution in [1.82, 2.24) is 4.90 Å². The van der Waals surface area contributed by atoms with Crippen molar-refractivity contribution in [3.63, 3.8) is 0 Å². The molecular weight excluding hydrogens is 210 g/mol. The molecule has 0 spiro atoms. The zero-order valence-corrected chi connectivity index (χ0v) is 11.2. The summed E-state index contributed by atoms with van der Waals surface area (Å²) < 4.78 is 6.20. The molecule has 2 aliphatic heterocycles. The molecule has 3 fully saturated rings. The fourth-order valence-electron chi connectivity index (χ4n) is 4.14. The van der Waals surface area contributed by atoms with Gasteiger partial charge in [-0.15, -0.1) is 0 Å². The van der Waals surface area contributed by atoms with Gasteiger partial charge in [0.1, 0.15) is 0 Å². The summed E-state index contributed by atoms with van der Waals surface area (Å²) in [6.07, 6.45) is 11.8. The van der Waals surface area contributed by atoms with E-state index in [0.717, 1.165) is 24.6 Å². The largest absolute Gasteiger partial charge is 0.363 e.